The minimum Gasteiger partial charge on any atom is -0.472 e. The van der Waals surface area contributed by atoms with Crippen LogP contribution in [0, 0.1) is 11.3 Å². The lowest BCUT2D eigenvalue weighted by molar-refractivity contribution is -0.127. The van der Waals surface area contributed by atoms with Crippen LogP contribution in [-0.2, 0) is 4.79 Å². The molecule has 2 heterocycles. The first-order chi connectivity index (χ1) is 9.66. The van der Waals surface area contributed by atoms with Crippen molar-refractivity contribution in [2.45, 2.75) is 25.7 Å². The van der Waals surface area contributed by atoms with Crippen molar-refractivity contribution < 1.29 is 14.0 Å². The van der Waals surface area contributed by atoms with Gasteiger partial charge in [-0.25, -0.2) is 0 Å². The van der Waals surface area contributed by atoms with Gasteiger partial charge in [0.1, 0.15) is 6.26 Å². The monoisotopic (exact) mass is 276 g/mol. The van der Waals surface area contributed by atoms with Gasteiger partial charge in [0.2, 0.25) is 5.91 Å². The van der Waals surface area contributed by atoms with Crippen LogP contribution in [0.3, 0.4) is 0 Å². The van der Waals surface area contributed by atoms with Gasteiger partial charge in [0.05, 0.1) is 11.8 Å². The Morgan fingerprint density at radius 3 is 3.00 bits per heavy atom. The zero-order valence-electron chi connectivity index (χ0n) is 11.7. The number of nitrogens with one attached hydrogen (secondary N) is 1. The molecule has 1 aromatic heterocycles. The number of amides is 2. The van der Waals surface area contributed by atoms with Crippen molar-refractivity contribution in [1.82, 2.24) is 10.2 Å². The molecule has 5 nitrogen and oxygen atoms in total. The minimum atomic E-state index is -0.0144. The molecule has 0 aromatic carbocycles. The lowest BCUT2D eigenvalue weighted by Gasteiger charge is -2.30. The number of rotatable bonds is 2. The van der Waals surface area contributed by atoms with Crippen LogP contribution < -0.4 is 5.32 Å². The second kappa shape index (κ2) is 4.96. The van der Waals surface area contributed by atoms with Crippen molar-refractivity contribution >= 4 is 11.8 Å². The average molecular weight is 276 g/mol. The molecular weight excluding hydrogens is 256 g/mol. The van der Waals surface area contributed by atoms with Gasteiger partial charge in [-0.1, -0.05) is 6.42 Å². The molecule has 20 heavy (non-hydrogen) atoms. The Labute approximate surface area is 118 Å². The largest absolute Gasteiger partial charge is 0.472 e. The number of carbonyl (C=O) groups excluding carboxylic acids is 2. The van der Waals surface area contributed by atoms with Crippen LogP contribution in [0.4, 0.5) is 0 Å². The maximum absolute atomic E-state index is 12.4. The van der Waals surface area contributed by atoms with E-state index in [1.54, 1.807) is 13.1 Å². The molecule has 1 aromatic rings. The summed E-state index contributed by atoms with van der Waals surface area (Å²) in [5.41, 5.74) is 0.580. The molecule has 1 aliphatic heterocycles. The first kappa shape index (κ1) is 13.2. The van der Waals surface area contributed by atoms with E-state index in [0.717, 1.165) is 32.2 Å². The van der Waals surface area contributed by atoms with Gasteiger partial charge in [-0.15, -0.1) is 0 Å². The lowest BCUT2D eigenvalue weighted by Crippen LogP contribution is -2.40. The topological polar surface area (TPSA) is 62.6 Å². The normalized spacial score (nSPS) is 29.1. The van der Waals surface area contributed by atoms with Crippen LogP contribution in [-0.4, -0.2) is 36.9 Å². The van der Waals surface area contributed by atoms with Gasteiger partial charge in [0.15, 0.2) is 0 Å². The predicted molar refractivity (Wildman–Crippen MR) is 73.1 cm³/mol. The zero-order chi connectivity index (χ0) is 14.2. The molecule has 108 valence electrons. The Bertz CT molecular complexity index is 511. The molecule has 5 heteroatoms. The molecule has 1 N–H and O–H groups in total. The summed E-state index contributed by atoms with van der Waals surface area (Å²) in [5, 5.41) is 2.77. The van der Waals surface area contributed by atoms with E-state index in [0.29, 0.717) is 12.1 Å². The predicted octanol–water partition coefficient (Wildman–Crippen LogP) is 1.66. The smallest absolute Gasteiger partial charge is 0.257 e. The number of likely N-dealkylation sites (tertiary alicyclic amines) is 1. The third-order valence-electron chi connectivity index (χ3n) is 4.91. The molecule has 2 fully saturated rings. The fourth-order valence-corrected chi connectivity index (χ4v) is 3.85. The van der Waals surface area contributed by atoms with E-state index < -0.39 is 0 Å². The van der Waals surface area contributed by atoms with Gasteiger partial charge in [0, 0.05) is 31.5 Å². The molecule has 1 spiro atoms. The Morgan fingerprint density at radius 2 is 2.30 bits per heavy atom. The van der Waals surface area contributed by atoms with Crippen LogP contribution in [0.2, 0.25) is 0 Å². The van der Waals surface area contributed by atoms with Gasteiger partial charge in [0.25, 0.3) is 5.91 Å². The number of furan rings is 1. The molecular formula is C15H20N2O3. The summed E-state index contributed by atoms with van der Waals surface area (Å²) in [6.07, 6.45) is 6.98. The average Bonchev–Trinajstić information content (AvgIpc) is 3.19. The summed E-state index contributed by atoms with van der Waals surface area (Å²) in [5.74, 6) is 0.188. The number of hydrogen-bond acceptors (Lipinski definition) is 3. The van der Waals surface area contributed by atoms with Crippen molar-refractivity contribution in [3.63, 3.8) is 0 Å². The van der Waals surface area contributed by atoms with E-state index in [-0.39, 0.29) is 23.1 Å². The number of hydrogen-bond donors (Lipinski definition) is 1. The standard InChI is InChI=1S/C15H20N2O3/c1-16-13(18)12-3-2-5-15(12)6-7-17(10-15)14(19)11-4-8-20-9-11/h4,8-9,12H,2-3,5-7,10H2,1H3,(H,16,18)/t12-,15-/m0/s1. The van der Waals surface area contributed by atoms with Gasteiger partial charge in [-0.2, -0.15) is 0 Å². The van der Waals surface area contributed by atoms with E-state index in [4.69, 9.17) is 4.42 Å². The van der Waals surface area contributed by atoms with Gasteiger partial charge in [-0.3, -0.25) is 9.59 Å². The Balaban J connectivity index is 1.75. The summed E-state index contributed by atoms with van der Waals surface area (Å²) in [4.78, 5) is 26.3. The summed E-state index contributed by atoms with van der Waals surface area (Å²) >= 11 is 0. The molecule has 3 rings (SSSR count). The first-order valence-corrected chi connectivity index (χ1v) is 7.19. The van der Waals surface area contributed by atoms with Crippen molar-refractivity contribution in [2.75, 3.05) is 20.1 Å². The van der Waals surface area contributed by atoms with E-state index in [9.17, 15) is 9.59 Å². The van der Waals surface area contributed by atoms with Crippen LogP contribution in [0.5, 0.6) is 0 Å². The molecule has 2 aliphatic rings. The van der Waals surface area contributed by atoms with Crippen LogP contribution >= 0.6 is 0 Å². The fourth-order valence-electron chi connectivity index (χ4n) is 3.85. The zero-order valence-corrected chi connectivity index (χ0v) is 11.7. The molecule has 0 bridgehead atoms. The van der Waals surface area contributed by atoms with Gasteiger partial charge < -0.3 is 14.6 Å². The Hall–Kier alpha value is -1.78. The van der Waals surface area contributed by atoms with Gasteiger partial charge >= 0.3 is 0 Å². The third kappa shape index (κ3) is 2.01. The van der Waals surface area contributed by atoms with Crippen molar-refractivity contribution in [1.29, 1.82) is 0 Å². The summed E-state index contributed by atoms with van der Waals surface area (Å²) in [6.45, 7) is 1.42. The highest BCUT2D eigenvalue weighted by Crippen LogP contribution is 2.50. The van der Waals surface area contributed by atoms with Crippen LogP contribution in [0.25, 0.3) is 0 Å². The molecule has 2 amide bonds. The second-order valence-corrected chi connectivity index (χ2v) is 5.91. The van der Waals surface area contributed by atoms with E-state index in [2.05, 4.69) is 5.32 Å². The highest BCUT2D eigenvalue weighted by Gasteiger charge is 2.51. The molecule has 1 saturated heterocycles. The summed E-state index contributed by atoms with van der Waals surface area (Å²) in [6, 6.07) is 1.69. The first-order valence-electron chi connectivity index (χ1n) is 7.19. The maximum atomic E-state index is 12.4. The van der Waals surface area contributed by atoms with Crippen molar-refractivity contribution in [2.24, 2.45) is 11.3 Å². The van der Waals surface area contributed by atoms with E-state index in [1.165, 1.54) is 12.5 Å². The number of nitrogens with zero attached hydrogens (tertiary/aromatic N) is 1. The third-order valence-corrected chi connectivity index (χ3v) is 4.91. The summed E-state index contributed by atoms with van der Waals surface area (Å²) in [7, 11) is 1.69. The quantitative estimate of drug-likeness (QED) is 0.893. The molecule has 0 unspecified atom stereocenters. The maximum Gasteiger partial charge on any atom is 0.257 e. The highest BCUT2D eigenvalue weighted by atomic mass is 16.3. The van der Waals surface area contributed by atoms with Crippen molar-refractivity contribution in [3.05, 3.63) is 24.2 Å². The Kier molecular flexibility index (Phi) is 3.28. The molecule has 1 aliphatic carbocycles. The van der Waals surface area contributed by atoms with Gasteiger partial charge in [-0.05, 0) is 25.3 Å². The second-order valence-electron chi connectivity index (χ2n) is 5.91. The molecule has 2 atom stereocenters. The number of carbonyl (C=O) groups is 2. The van der Waals surface area contributed by atoms with Crippen molar-refractivity contribution in [3.8, 4) is 0 Å². The SMILES string of the molecule is CNC(=O)[C@@H]1CCC[C@@]12CCN(C(=O)c1ccoc1)C2. The van der Waals surface area contributed by atoms with E-state index >= 15 is 0 Å². The minimum absolute atomic E-state index is 0.0122. The highest BCUT2D eigenvalue weighted by molar-refractivity contribution is 5.94. The Morgan fingerprint density at radius 1 is 1.45 bits per heavy atom. The molecule has 1 saturated carbocycles. The summed E-state index contributed by atoms with van der Waals surface area (Å²) < 4.78 is 4.98. The fraction of sp³-hybridized carbons (Fsp3) is 0.600. The lowest BCUT2D eigenvalue weighted by atomic mass is 9.76. The van der Waals surface area contributed by atoms with E-state index in [1.807, 2.05) is 4.90 Å². The molecule has 0 radical (unpaired) electrons. The van der Waals surface area contributed by atoms with Crippen LogP contribution in [0.15, 0.2) is 23.0 Å². The van der Waals surface area contributed by atoms with Crippen LogP contribution in [0.1, 0.15) is 36.0 Å².